The summed E-state index contributed by atoms with van der Waals surface area (Å²) in [5.74, 6) is 0.0359. The van der Waals surface area contributed by atoms with Crippen molar-refractivity contribution >= 4 is 17.6 Å². The monoisotopic (exact) mass is 324 g/mol. The lowest BCUT2D eigenvalue weighted by atomic mass is 10.1. The van der Waals surface area contributed by atoms with Crippen LogP contribution in [0.2, 0.25) is 0 Å². The summed E-state index contributed by atoms with van der Waals surface area (Å²) in [5.41, 5.74) is 4.00. The minimum absolute atomic E-state index is 0.0774. The molecule has 0 aliphatic carbocycles. The Morgan fingerprint density at radius 1 is 1.12 bits per heavy atom. The Hall–Kier alpha value is -2.82. The maximum atomic E-state index is 12.2. The summed E-state index contributed by atoms with van der Waals surface area (Å²) in [5, 5.41) is 2.89. The second-order valence-corrected chi connectivity index (χ2v) is 6.06. The fourth-order valence-corrected chi connectivity index (χ4v) is 2.64. The third-order valence-corrected chi connectivity index (χ3v) is 3.94. The second-order valence-electron chi connectivity index (χ2n) is 6.06. The van der Waals surface area contributed by atoms with Gasteiger partial charge in [-0.2, -0.15) is 0 Å². The van der Waals surface area contributed by atoms with Crippen LogP contribution in [0.3, 0.4) is 0 Å². The van der Waals surface area contributed by atoms with Crippen LogP contribution >= 0.6 is 0 Å². The summed E-state index contributed by atoms with van der Waals surface area (Å²) in [6, 6.07) is 13.6. The van der Waals surface area contributed by atoms with Crippen LogP contribution < -0.4 is 15.0 Å². The van der Waals surface area contributed by atoms with E-state index in [-0.39, 0.29) is 25.0 Å². The molecule has 5 nitrogen and oxygen atoms in total. The molecule has 0 aromatic heterocycles. The van der Waals surface area contributed by atoms with Crippen LogP contribution in [0, 0.1) is 13.8 Å². The van der Waals surface area contributed by atoms with Crippen LogP contribution in [0.25, 0.3) is 0 Å². The van der Waals surface area contributed by atoms with Crippen molar-refractivity contribution in [2.45, 2.75) is 20.4 Å². The summed E-state index contributed by atoms with van der Waals surface area (Å²) in [4.78, 5) is 25.7. The highest BCUT2D eigenvalue weighted by atomic mass is 16.5. The number of nitrogens with one attached hydrogen (secondary N) is 1. The summed E-state index contributed by atoms with van der Waals surface area (Å²) >= 11 is 0. The largest absolute Gasteiger partial charge is 0.423 e. The molecule has 24 heavy (non-hydrogen) atoms. The van der Waals surface area contributed by atoms with Crippen LogP contribution in [0.15, 0.2) is 42.5 Å². The maximum Gasteiger partial charge on any atom is 0.331 e. The highest BCUT2D eigenvalue weighted by Gasteiger charge is 2.25. The van der Waals surface area contributed by atoms with Crippen LogP contribution in [0.5, 0.6) is 5.75 Å². The summed E-state index contributed by atoms with van der Waals surface area (Å²) in [6.07, 6.45) is 0. The van der Waals surface area contributed by atoms with Crippen molar-refractivity contribution < 1.29 is 14.3 Å². The zero-order valence-corrected chi connectivity index (χ0v) is 13.8. The van der Waals surface area contributed by atoms with Crippen molar-refractivity contribution in [2.75, 3.05) is 18.0 Å². The number of benzene rings is 2. The molecule has 0 unspecified atom stereocenters. The first-order valence-electron chi connectivity index (χ1n) is 7.90. The van der Waals surface area contributed by atoms with Gasteiger partial charge in [-0.05, 0) is 37.1 Å². The highest BCUT2D eigenvalue weighted by Crippen LogP contribution is 2.32. The number of ether oxygens (including phenoxy) is 1. The molecule has 0 saturated carbocycles. The number of carbonyl (C=O) groups is 2. The van der Waals surface area contributed by atoms with Gasteiger partial charge in [-0.25, -0.2) is 4.79 Å². The lowest BCUT2D eigenvalue weighted by Crippen LogP contribution is -2.43. The molecule has 0 bridgehead atoms. The molecule has 2 aromatic carbocycles. The number of fused-ring (bicyclic) bond motifs is 1. The van der Waals surface area contributed by atoms with Gasteiger partial charge in [0.05, 0.1) is 12.2 Å². The molecule has 1 N–H and O–H groups in total. The van der Waals surface area contributed by atoms with Gasteiger partial charge >= 0.3 is 5.97 Å². The topological polar surface area (TPSA) is 58.6 Å². The lowest BCUT2D eigenvalue weighted by molar-refractivity contribution is -0.133. The molecule has 2 aromatic rings. The Morgan fingerprint density at radius 2 is 1.83 bits per heavy atom. The van der Waals surface area contributed by atoms with E-state index in [1.807, 2.05) is 56.3 Å². The predicted molar refractivity (Wildman–Crippen MR) is 92.1 cm³/mol. The molecule has 1 aliphatic rings. The second kappa shape index (κ2) is 6.74. The molecular formula is C19H20N2O3. The quantitative estimate of drug-likeness (QED) is 0.693. The fraction of sp³-hybridized carbons (Fsp3) is 0.263. The molecule has 0 fully saturated rings. The van der Waals surface area contributed by atoms with Crippen molar-refractivity contribution in [2.24, 2.45) is 0 Å². The number of amides is 1. The first kappa shape index (κ1) is 16.1. The van der Waals surface area contributed by atoms with Crippen molar-refractivity contribution in [3.05, 3.63) is 59.2 Å². The van der Waals surface area contributed by atoms with Crippen molar-refractivity contribution in [3.63, 3.8) is 0 Å². The maximum absolute atomic E-state index is 12.2. The first-order valence-corrected chi connectivity index (χ1v) is 7.90. The Labute approximate surface area is 141 Å². The van der Waals surface area contributed by atoms with Gasteiger partial charge in [0, 0.05) is 6.54 Å². The SMILES string of the molecule is Cc1ccc(CNC(=O)CN2CC(=O)Oc3cc(C)ccc32)cc1. The van der Waals surface area contributed by atoms with Gasteiger partial charge < -0.3 is 15.0 Å². The number of esters is 1. The average molecular weight is 324 g/mol. The molecule has 1 heterocycles. The minimum Gasteiger partial charge on any atom is -0.423 e. The molecule has 0 spiro atoms. The van der Waals surface area contributed by atoms with E-state index >= 15 is 0 Å². The molecule has 0 radical (unpaired) electrons. The van der Waals surface area contributed by atoms with Gasteiger partial charge in [0.25, 0.3) is 0 Å². The van der Waals surface area contributed by atoms with E-state index in [0.717, 1.165) is 16.8 Å². The molecule has 124 valence electrons. The number of rotatable bonds is 4. The van der Waals surface area contributed by atoms with Gasteiger partial charge in [0.1, 0.15) is 6.54 Å². The molecule has 5 heteroatoms. The molecule has 1 aliphatic heterocycles. The Morgan fingerprint density at radius 3 is 2.58 bits per heavy atom. The summed E-state index contributed by atoms with van der Waals surface area (Å²) in [7, 11) is 0. The van der Waals surface area contributed by atoms with E-state index < -0.39 is 0 Å². The lowest BCUT2D eigenvalue weighted by Gasteiger charge is -2.29. The zero-order chi connectivity index (χ0) is 17.1. The molecular weight excluding hydrogens is 304 g/mol. The van der Waals surface area contributed by atoms with E-state index in [1.54, 1.807) is 4.90 Å². The predicted octanol–water partition coefficient (Wildman–Crippen LogP) is 2.35. The normalized spacial score (nSPS) is 13.2. The Bertz CT molecular complexity index is 769. The minimum atomic E-state index is -0.348. The van der Waals surface area contributed by atoms with Gasteiger partial charge in [0.2, 0.25) is 5.91 Å². The number of hydrogen-bond donors (Lipinski definition) is 1. The van der Waals surface area contributed by atoms with Crippen LogP contribution in [-0.2, 0) is 16.1 Å². The number of hydrogen-bond acceptors (Lipinski definition) is 4. The standard InChI is InChI=1S/C19H20N2O3/c1-13-3-6-15(7-4-13)10-20-18(22)11-21-12-19(23)24-17-9-14(2)5-8-16(17)21/h3-9H,10-12H2,1-2H3,(H,20,22). The Balaban J connectivity index is 1.64. The van der Waals surface area contributed by atoms with Crippen LogP contribution in [0.1, 0.15) is 16.7 Å². The van der Waals surface area contributed by atoms with Crippen LogP contribution in [0.4, 0.5) is 5.69 Å². The summed E-state index contributed by atoms with van der Waals surface area (Å²) in [6.45, 7) is 4.63. The number of nitrogens with zero attached hydrogens (tertiary/aromatic N) is 1. The molecule has 0 saturated heterocycles. The van der Waals surface area contributed by atoms with Crippen LogP contribution in [-0.4, -0.2) is 25.0 Å². The zero-order valence-electron chi connectivity index (χ0n) is 13.8. The Kier molecular flexibility index (Phi) is 4.51. The van der Waals surface area contributed by atoms with Crippen molar-refractivity contribution in [1.29, 1.82) is 0 Å². The number of aryl methyl sites for hydroxylation is 2. The van der Waals surface area contributed by atoms with E-state index in [9.17, 15) is 9.59 Å². The third kappa shape index (κ3) is 3.74. The summed E-state index contributed by atoms with van der Waals surface area (Å²) < 4.78 is 5.25. The van der Waals surface area contributed by atoms with E-state index in [4.69, 9.17) is 4.74 Å². The smallest absolute Gasteiger partial charge is 0.331 e. The van der Waals surface area contributed by atoms with E-state index in [0.29, 0.717) is 12.3 Å². The van der Waals surface area contributed by atoms with Gasteiger partial charge in [0.15, 0.2) is 5.75 Å². The first-order chi connectivity index (χ1) is 11.5. The van der Waals surface area contributed by atoms with Crippen molar-refractivity contribution in [3.8, 4) is 5.75 Å². The fourth-order valence-electron chi connectivity index (χ4n) is 2.64. The average Bonchev–Trinajstić information content (AvgIpc) is 2.53. The van der Waals surface area contributed by atoms with Crippen molar-refractivity contribution in [1.82, 2.24) is 5.32 Å². The van der Waals surface area contributed by atoms with Gasteiger partial charge in [-0.1, -0.05) is 35.9 Å². The molecule has 1 amide bonds. The number of carbonyl (C=O) groups excluding carboxylic acids is 2. The van der Waals surface area contributed by atoms with E-state index in [1.165, 1.54) is 5.56 Å². The van der Waals surface area contributed by atoms with Gasteiger partial charge in [-0.3, -0.25) is 4.79 Å². The van der Waals surface area contributed by atoms with E-state index in [2.05, 4.69) is 5.32 Å². The van der Waals surface area contributed by atoms with Gasteiger partial charge in [-0.15, -0.1) is 0 Å². The third-order valence-electron chi connectivity index (χ3n) is 3.94. The highest BCUT2D eigenvalue weighted by molar-refractivity contribution is 5.89. The number of anilines is 1. The molecule has 0 atom stereocenters. The molecule has 3 rings (SSSR count).